The molecule has 3 amide bonds. The zero-order valence-electron chi connectivity index (χ0n) is 20.5. The number of fused-ring (bicyclic) bond motifs is 1. The van der Waals surface area contributed by atoms with Crippen LogP contribution < -0.4 is 15.5 Å². The fraction of sp³-hybridized carbons (Fsp3) is 0.652. The highest BCUT2D eigenvalue weighted by atomic mass is 19.4. The lowest BCUT2D eigenvalue weighted by Crippen LogP contribution is -2.45. The second-order valence-corrected chi connectivity index (χ2v) is 9.21. The quantitative estimate of drug-likeness (QED) is 0.585. The SMILES string of the molecule is CC(C)NC(=O)c1cc2c(nc1N(C)C)CCN(C(=O)NC1CCCC1)CC2.O=C(O)C(F)(F)F. The molecule has 1 saturated carbocycles. The van der Waals surface area contributed by atoms with Gasteiger partial charge in [-0.05, 0) is 44.7 Å². The van der Waals surface area contributed by atoms with Crippen molar-refractivity contribution in [1.29, 1.82) is 0 Å². The molecule has 196 valence electrons. The molecule has 0 radical (unpaired) electrons. The van der Waals surface area contributed by atoms with Crippen LogP contribution in [0.2, 0.25) is 0 Å². The third-order valence-electron chi connectivity index (χ3n) is 5.74. The van der Waals surface area contributed by atoms with Crippen molar-refractivity contribution in [3.05, 3.63) is 22.9 Å². The van der Waals surface area contributed by atoms with Crippen LogP contribution in [0, 0.1) is 0 Å². The molecule has 2 heterocycles. The molecule has 0 saturated heterocycles. The van der Waals surface area contributed by atoms with Crippen molar-refractivity contribution in [2.75, 3.05) is 32.1 Å². The number of halogens is 3. The molecule has 9 nitrogen and oxygen atoms in total. The van der Waals surface area contributed by atoms with Gasteiger partial charge in [0.15, 0.2) is 0 Å². The number of aromatic nitrogens is 1. The van der Waals surface area contributed by atoms with Gasteiger partial charge in [0.25, 0.3) is 5.91 Å². The summed E-state index contributed by atoms with van der Waals surface area (Å²) in [4.78, 5) is 42.8. The summed E-state index contributed by atoms with van der Waals surface area (Å²) in [6.07, 6.45) is 0.920. The van der Waals surface area contributed by atoms with E-state index in [9.17, 15) is 22.8 Å². The maximum absolute atomic E-state index is 12.7. The highest BCUT2D eigenvalue weighted by Crippen LogP contribution is 2.24. The zero-order chi connectivity index (χ0) is 26.3. The van der Waals surface area contributed by atoms with Crippen molar-refractivity contribution in [2.45, 2.75) is 70.6 Å². The monoisotopic (exact) mass is 501 g/mol. The molecule has 0 unspecified atom stereocenters. The normalized spacial score (nSPS) is 16.1. The number of carbonyl (C=O) groups is 3. The Morgan fingerprint density at radius 3 is 2.23 bits per heavy atom. The molecule has 3 N–H and O–H groups in total. The molecule has 1 aromatic heterocycles. The van der Waals surface area contributed by atoms with Crippen LogP contribution in [0.5, 0.6) is 0 Å². The summed E-state index contributed by atoms with van der Waals surface area (Å²) >= 11 is 0. The fourth-order valence-electron chi connectivity index (χ4n) is 4.01. The molecule has 2 aliphatic rings. The number of anilines is 1. The number of nitrogens with zero attached hydrogens (tertiary/aromatic N) is 3. The van der Waals surface area contributed by atoms with Crippen LogP contribution >= 0.6 is 0 Å². The number of amides is 3. The molecule has 0 spiro atoms. The summed E-state index contributed by atoms with van der Waals surface area (Å²) in [5.41, 5.74) is 2.65. The van der Waals surface area contributed by atoms with Gasteiger partial charge < -0.3 is 25.5 Å². The summed E-state index contributed by atoms with van der Waals surface area (Å²) < 4.78 is 31.7. The average molecular weight is 502 g/mol. The summed E-state index contributed by atoms with van der Waals surface area (Å²) in [7, 11) is 3.80. The van der Waals surface area contributed by atoms with Gasteiger partial charge in [-0.2, -0.15) is 13.2 Å². The predicted octanol–water partition coefficient (Wildman–Crippen LogP) is 2.97. The van der Waals surface area contributed by atoms with E-state index in [-0.39, 0.29) is 18.0 Å². The average Bonchev–Trinajstić information content (AvgIpc) is 3.16. The largest absolute Gasteiger partial charge is 0.490 e. The lowest BCUT2D eigenvalue weighted by atomic mass is 10.0. The first-order chi connectivity index (χ1) is 16.3. The number of aliphatic carboxylic acids is 1. The van der Waals surface area contributed by atoms with Crippen molar-refractivity contribution in [3.63, 3.8) is 0 Å². The van der Waals surface area contributed by atoms with Crippen LogP contribution in [0.4, 0.5) is 23.8 Å². The Hall–Kier alpha value is -3.05. The molecule has 12 heteroatoms. The molecule has 0 aromatic carbocycles. The number of nitrogens with one attached hydrogen (secondary N) is 2. The summed E-state index contributed by atoms with van der Waals surface area (Å²) in [5, 5.41) is 13.3. The number of carboxylic acid groups (broad SMARTS) is 1. The van der Waals surface area contributed by atoms with Gasteiger partial charge >= 0.3 is 18.2 Å². The molecule has 1 fully saturated rings. The van der Waals surface area contributed by atoms with Gasteiger partial charge in [-0.1, -0.05) is 12.8 Å². The van der Waals surface area contributed by atoms with E-state index in [1.54, 1.807) is 0 Å². The van der Waals surface area contributed by atoms with Crippen LogP contribution in [-0.4, -0.2) is 78.3 Å². The first kappa shape index (κ1) is 28.2. The standard InChI is InChI=1S/C21H33N5O2.C2HF3O2/c1-14(2)22-20(27)17-13-15-9-11-26(21(28)23-16-7-5-6-8-16)12-10-18(15)24-19(17)25(3)4;3-2(4,5)1(6)7/h13-14,16H,5-12H2,1-4H3,(H,22,27)(H,23,28);(H,6,7). The molecule has 35 heavy (non-hydrogen) atoms. The van der Waals surface area contributed by atoms with Crippen molar-refractivity contribution >= 4 is 23.7 Å². The van der Waals surface area contributed by atoms with Crippen LogP contribution in [-0.2, 0) is 17.6 Å². The second-order valence-electron chi connectivity index (χ2n) is 9.21. The third-order valence-corrected chi connectivity index (χ3v) is 5.74. The number of hydrogen-bond donors (Lipinski definition) is 3. The molecule has 0 atom stereocenters. The summed E-state index contributed by atoms with van der Waals surface area (Å²) in [6.45, 7) is 5.21. The highest BCUT2D eigenvalue weighted by molar-refractivity contribution is 5.99. The molecular formula is C23H34F3N5O4. The van der Waals surface area contributed by atoms with E-state index in [1.807, 2.05) is 43.8 Å². The molecule has 0 bridgehead atoms. The molecule has 1 aliphatic heterocycles. The fourth-order valence-corrected chi connectivity index (χ4v) is 4.01. The molecular weight excluding hydrogens is 467 g/mol. The topological polar surface area (TPSA) is 115 Å². The summed E-state index contributed by atoms with van der Waals surface area (Å²) in [5.74, 6) is -2.18. The van der Waals surface area contributed by atoms with E-state index in [1.165, 1.54) is 12.8 Å². The van der Waals surface area contributed by atoms with Gasteiger partial charge in [0, 0.05) is 51.4 Å². The summed E-state index contributed by atoms with van der Waals surface area (Å²) in [6, 6.07) is 2.39. The minimum Gasteiger partial charge on any atom is -0.475 e. The Kier molecular flexibility index (Phi) is 9.73. The smallest absolute Gasteiger partial charge is 0.475 e. The van der Waals surface area contributed by atoms with E-state index in [4.69, 9.17) is 14.9 Å². The second kappa shape index (κ2) is 12.1. The number of alkyl halides is 3. The van der Waals surface area contributed by atoms with Crippen LogP contribution in [0.15, 0.2) is 6.07 Å². The van der Waals surface area contributed by atoms with E-state index < -0.39 is 12.1 Å². The number of carbonyl (C=O) groups excluding carboxylic acids is 2. The lowest BCUT2D eigenvalue weighted by molar-refractivity contribution is -0.192. The maximum Gasteiger partial charge on any atom is 0.490 e. The van der Waals surface area contributed by atoms with Gasteiger partial charge in [-0.15, -0.1) is 0 Å². The van der Waals surface area contributed by atoms with E-state index in [2.05, 4.69) is 10.6 Å². The van der Waals surface area contributed by atoms with E-state index >= 15 is 0 Å². The van der Waals surface area contributed by atoms with Crippen molar-refractivity contribution in [2.24, 2.45) is 0 Å². The maximum atomic E-state index is 12.7. The Bertz CT molecular complexity index is 915. The first-order valence-electron chi connectivity index (χ1n) is 11.7. The van der Waals surface area contributed by atoms with Crippen LogP contribution in [0.1, 0.15) is 61.1 Å². The van der Waals surface area contributed by atoms with Crippen molar-refractivity contribution < 1.29 is 32.7 Å². The Balaban J connectivity index is 0.000000540. The van der Waals surface area contributed by atoms with Crippen LogP contribution in [0.25, 0.3) is 0 Å². The van der Waals surface area contributed by atoms with Gasteiger partial charge in [0.05, 0.1) is 5.56 Å². The first-order valence-corrected chi connectivity index (χ1v) is 11.7. The van der Waals surface area contributed by atoms with Gasteiger partial charge in [0.2, 0.25) is 0 Å². The number of hydrogen-bond acceptors (Lipinski definition) is 5. The highest BCUT2D eigenvalue weighted by Gasteiger charge is 2.38. The van der Waals surface area contributed by atoms with E-state index in [0.717, 1.165) is 30.5 Å². The lowest BCUT2D eigenvalue weighted by Gasteiger charge is -2.23. The zero-order valence-corrected chi connectivity index (χ0v) is 20.5. The van der Waals surface area contributed by atoms with Gasteiger partial charge in [-0.3, -0.25) is 4.79 Å². The van der Waals surface area contributed by atoms with Gasteiger partial charge in [0.1, 0.15) is 5.82 Å². The Labute approximate surface area is 203 Å². The number of carboxylic acids is 1. The van der Waals surface area contributed by atoms with Crippen molar-refractivity contribution in [3.8, 4) is 0 Å². The van der Waals surface area contributed by atoms with Crippen LogP contribution in [0.3, 0.4) is 0 Å². The Morgan fingerprint density at radius 2 is 1.71 bits per heavy atom. The number of urea groups is 1. The van der Waals surface area contributed by atoms with E-state index in [0.29, 0.717) is 36.9 Å². The Morgan fingerprint density at radius 1 is 1.14 bits per heavy atom. The minimum absolute atomic E-state index is 0.0327. The molecule has 1 aromatic rings. The minimum atomic E-state index is -5.08. The third kappa shape index (κ3) is 8.29. The predicted molar refractivity (Wildman–Crippen MR) is 125 cm³/mol. The number of rotatable bonds is 4. The number of pyridine rings is 1. The van der Waals surface area contributed by atoms with Crippen molar-refractivity contribution in [1.82, 2.24) is 20.5 Å². The van der Waals surface area contributed by atoms with Gasteiger partial charge in [-0.25, -0.2) is 14.6 Å². The molecule has 1 aliphatic carbocycles. The molecule has 3 rings (SSSR count).